The van der Waals surface area contributed by atoms with E-state index in [0.717, 1.165) is 6.29 Å². The first-order valence-corrected chi connectivity index (χ1v) is 10.7. The molecule has 0 spiro atoms. The molecule has 0 bridgehead atoms. The van der Waals surface area contributed by atoms with Crippen LogP contribution < -0.4 is 5.73 Å². The quantitative estimate of drug-likeness (QED) is 0.490. The van der Waals surface area contributed by atoms with Gasteiger partial charge in [0, 0.05) is 13.0 Å². The van der Waals surface area contributed by atoms with E-state index >= 15 is 0 Å². The first kappa shape index (κ1) is 26.4. The molecule has 0 aromatic carbocycles. The van der Waals surface area contributed by atoms with Crippen LogP contribution in [0.1, 0.15) is 74.7 Å². The zero-order valence-electron chi connectivity index (χ0n) is 20.0. The molecule has 0 radical (unpaired) electrons. The van der Waals surface area contributed by atoms with Crippen LogP contribution in [-0.2, 0) is 23.8 Å². The molecule has 0 unspecified atom stereocenters. The monoisotopic (exact) mass is 428 g/mol. The van der Waals surface area contributed by atoms with Gasteiger partial charge in [-0.05, 0) is 60.8 Å². The SMILES string of the molecule is CCC(CC)(OC)[C@H](N)[C@H]1[C@H](C=O)C[C@H](C(=O)OC(C)(C)C)N1C(=O)OC(C)(C)C. The Kier molecular flexibility index (Phi) is 8.47. The highest BCUT2D eigenvalue weighted by molar-refractivity contribution is 5.84. The van der Waals surface area contributed by atoms with E-state index in [-0.39, 0.29) is 6.42 Å². The summed E-state index contributed by atoms with van der Waals surface area (Å²) < 4.78 is 16.9. The first-order chi connectivity index (χ1) is 13.7. The zero-order chi connectivity index (χ0) is 23.5. The van der Waals surface area contributed by atoms with E-state index in [1.165, 1.54) is 4.90 Å². The van der Waals surface area contributed by atoms with Gasteiger partial charge in [0.05, 0.1) is 17.7 Å². The number of methoxy groups -OCH3 is 1. The number of ether oxygens (including phenoxy) is 3. The first-order valence-electron chi connectivity index (χ1n) is 10.7. The van der Waals surface area contributed by atoms with Crippen LogP contribution in [0.2, 0.25) is 0 Å². The van der Waals surface area contributed by atoms with E-state index in [4.69, 9.17) is 19.9 Å². The summed E-state index contributed by atoms with van der Waals surface area (Å²) in [5.41, 5.74) is 4.38. The van der Waals surface area contributed by atoms with Crippen LogP contribution in [0.4, 0.5) is 4.79 Å². The number of amides is 1. The summed E-state index contributed by atoms with van der Waals surface area (Å²) in [7, 11) is 1.57. The van der Waals surface area contributed by atoms with Gasteiger partial charge >= 0.3 is 12.1 Å². The van der Waals surface area contributed by atoms with E-state index in [0.29, 0.717) is 12.8 Å². The van der Waals surface area contributed by atoms with Gasteiger partial charge in [-0.15, -0.1) is 0 Å². The third-order valence-electron chi connectivity index (χ3n) is 5.63. The van der Waals surface area contributed by atoms with Gasteiger partial charge in [-0.2, -0.15) is 0 Å². The van der Waals surface area contributed by atoms with Crippen LogP contribution in [0, 0.1) is 5.92 Å². The molecule has 1 aliphatic rings. The number of carbonyl (C=O) groups is 3. The topological polar surface area (TPSA) is 108 Å². The molecule has 174 valence electrons. The van der Waals surface area contributed by atoms with Crippen LogP contribution in [0.3, 0.4) is 0 Å². The van der Waals surface area contributed by atoms with Gasteiger partial charge < -0.3 is 24.7 Å². The minimum absolute atomic E-state index is 0.128. The Labute approximate surface area is 180 Å². The molecule has 8 nitrogen and oxygen atoms in total. The summed E-state index contributed by atoms with van der Waals surface area (Å²) in [5, 5.41) is 0. The number of hydrogen-bond donors (Lipinski definition) is 1. The van der Waals surface area contributed by atoms with Crippen molar-refractivity contribution in [2.75, 3.05) is 7.11 Å². The van der Waals surface area contributed by atoms with Crippen LogP contribution in [0.5, 0.6) is 0 Å². The number of likely N-dealkylation sites (tertiary alicyclic amines) is 1. The molecule has 2 N–H and O–H groups in total. The van der Waals surface area contributed by atoms with Gasteiger partial charge in [-0.1, -0.05) is 13.8 Å². The maximum Gasteiger partial charge on any atom is 0.411 e. The van der Waals surface area contributed by atoms with E-state index in [2.05, 4.69) is 0 Å². The van der Waals surface area contributed by atoms with Crippen LogP contribution in [0.15, 0.2) is 0 Å². The number of nitrogens with two attached hydrogens (primary N) is 1. The summed E-state index contributed by atoms with van der Waals surface area (Å²) in [6.45, 7) is 14.4. The molecule has 1 saturated heterocycles. The molecular weight excluding hydrogens is 388 g/mol. The lowest BCUT2D eigenvalue weighted by molar-refractivity contribution is -0.161. The maximum atomic E-state index is 13.2. The minimum atomic E-state index is -0.964. The smallest absolute Gasteiger partial charge is 0.411 e. The van der Waals surface area contributed by atoms with Gasteiger partial charge in [0.15, 0.2) is 0 Å². The van der Waals surface area contributed by atoms with E-state index in [1.807, 2.05) is 13.8 Å². The summed E-state index contributed by atoms with van der Waals surface area (Å²) in [6, 6.07) is -2.42. The molecule has 0 aromatic heterocycles. The lowest BCUT2D eigenvalue weighted by Crippen LogP contribution is -2.63. The molecule has 30 heavy (non-hydrogen) atoms. The third-order valence-corrected chi connectivity index (χ3v) is 5.63. The summed E-state index contributed by atoms with van der Waals surface area (Å²) in [5.74, 6) is -1.22. The number of nitrogens with zero attached hydrogens (tertiary/aromatic N) is 1. The predicted octanol–water partition coefficient (Wildman–Crippen LogP) is 3.05. The number of esters is 1. The van der Waals surface area contributed by atoms with Crippen molar-refractivity contribution < 1.29 is 28.6 Å². The molecule has 0 aromatic rings. The second kappa shape index (κ2) is 9.64. The number of hydrogen-bond acceptors (Lipinski definition) is 7. The molecule has 1 aliphatic heterocycles. The molecule has 1 heterocycles. The Morgan fingerprint density at radius 3 is 1.93 bits per heavy atom. The Morgan fingerprint density at radius 2 is 1.57 bits per heavy atom. The Hall–Kier alpha value is -1.67. The van der Waals surface area contributed by atoms with Crippen LogP contribution in [0.25, 0.3) is 0 Å². The molecular formula is C22H40N2O6. The minimum Gasteiger partial charge on any atom is -0.458 e. The molecule has 4 atom stereocenters. The molecule has 1 fully saturated rings. The van der Waals surface area contributed by atoms with Gasteiger partial charge in [0.1, 0.15) is 23.5 Å². The Balaban J connectivity index is 3.47. The zero-order valence-corrected chi connectivity index (χ0v) is 20.0. The number of aldehydes is 1. The lowest BCUT2D eigenvalue weighted by Gasteiger charge is -2.43. The fraction of sp³-hybridized carbons (Fsp3) is 0.864. The van der Waals surface area contributed by atoms with Crippen LogP contribution in [-0.4, -0.2) is 65.3 Å². The molecule has 0 aliphatic carbocycles. The third kappa shape index (κ3) is 5.94. The average Bonchev–Trinajstić information content (AvgIpc) is 3.00. The van der Waals surface area contributed by atoms with E-state index in [1.54, 1.807) is 48.7 Å². The fourth-order valence-corrected chi connectivity index (χ4v) is 4.10. The molecule has 8 heteroatoms. The van der Waals surface area contributed by atoms with Gasteiger partial charge in [-0.25, -0.2) is 9.59 Å². The van der Waals surface area contributed by atoms with Crippen molar-refractivity contribution >= 4 is 18.3 Å². The van der Waals surface area contributed by atoms with Gasteiger partial charge in [0.25, 0.3) is 0 Å². The highest BCUT2D eigenvalue weighted by atomic mass is 16.6. The van der Waals surface area contributed by atoms with Crippen molar-refractivity contribution in [3.8, 4) is 0 Å². The lowest BCUT2D eigenvalue weighted by atomic mass is 9.80. The Morgan fingerprint density at radius 1 is 1.07 bits per heavy atom. The van der Waals surface area contributed by atoms with E-state index in [9.17, 15) is 14.4 Å². The maximum absolute atomic E-state index is 13.2. The predicted molar refractivity (Wildman–Crippen MR) is 114 cm³/mol. The summed E-state index contributed by atoms with van der Waals surface area (Å²) in [6.07, 6.45) is 1.37. The summed E-state index contributed by atoms with van der Waals surface area (Å²) >= 11 is 0. The average molecular weight is 429 g/mol. The van der Waals surface area contributed by atoms with Crippen molar-refractivity contribution in [2.24, 2.45) is 11.7 Å². The molecule has 0 saturated carbocycles. The standard InChI is InChI=1S/C22H40N2O6/c1-10-22(11-2,28-9)17(23)16-14(13-25)12-15(18(26)29-20(3,4)5)24(16)19(27)30-21(6,7)8/h13-17H,10-12,23H2,1-9H3/t14-,15+,16+,17+/m0/s1. The Bertz CT molecular complexity index is 610. The van der Waals surface area contributed by atoms with Gasteiger partial charge in [-0.3, -0.25) is 4.90 Å². The normalized spacial score (nSPS) is 23.8. The molecule has 1 amide bonds. The van der Waals surface area contributed by atoms with Crippen LogP contribution >= 0.6 is 0 Å². The van der Waals surface area contributed by atoms with Gasteiger partial charge in [0.2, 0.25) is 0 Å². The fourth-order valence-electron chi connectivity index (χ4n) is 4.10. The second-order valence-corrected chi connectivity index (χ2v) is 9.96. The number of carbonyl (C=O) groups excluding carboxylic acids is 3. The highest BCUT2D eigenvalue weighted by Crippen LogP contribution is 2.38. The second-order valence-electron chi connectivity index (χ2n) is 9.96. The molecule has 1 rings (SSSR count). The van der Waals surface area contributed by atoms with E-state index < -0.39 is 52.9 Å². The van der Waals surface area contributed by atoms with Crippen molar-refractivity contribution in [1.82, 2.24) is 4.90 Å². The largest absolute Gasteiger partial charge is 0.458 e. The van der Waals surface area contributed by atoms with Crippen molar-refractivity contribution in [1.29, 1.82) is 0 Å². The van der Waals surface area contributed by atoms with Crippen molar-refractivity contribution in [2.45, 2.75) is 110 Å². The highest BCUT2D eigenvalue weighted by Gasteiger charge is 2.55. The number of rotatable bonds is 7. The van der Waals surface area contributed by atoms with Crippen molar-refractivity contribution in [3.63, 3.8) is 0 Å². The summed E-state index contributed by atoms with van der Waals surface area (Å²) in [4.78, 5) is 39.5. The van der Waals surface area contributed by atoms with Crippen molar-refractivity contribution in [3.05, 3.63) is 0 Å².